The molecule has 0 spiro atoms. The summed E-state index contributed by atoms with van der Waals surface area (Å²) in [6.45, 7) is 2.05. The summed E-state index contributed by atoms with van der Waals surface area (Å²) >= 11 is 0. The van der Waals surface area contributed by atoms with Crippen molar-refractivity contribution in [2.24, 2.45) is 7.05 Å². The number of hydrogen-bond donors (Lipinski definition) is 0. The van der Waals surface area contributed by atoms with E-state index in [4.69, 9.17) is 9.78 Å². The quantitative estimate of drug-likeness (QED) is 0.736. The molecule has 21 heavy (non-hydrogen) atoms. The van der Waals surface area contributed by atoms with E-state index in [0.717, 1.165) is 17.7 Å². The van der Waals surface area contributed by atoms with Gasteiger partial charge in [-0.3, -0.25) is 4.98 Å². The molecular formula is C15H13N5O. The Morgan fingerprint density at radius 2 is 2.29 bits per heavy atom. The van der Waals surface area contributed by atoms with Crippen LogP contribution in [0.3, 0.4) is 0 Å². The zero-order chi connectivity index (χ0) is 14.8. The molecule has 0 fully saturated rings. The first kappa shape index (κ1) is 13.1. The highest BCUT2D eigenvalue weighted by Crippen LogP contribution is 2.24. The van der Waals surface area contributed by atoms with Gasteiger partial charge in [-0.1, -0.05) is 18.1 Å². The third-order valence-electron chi connectivity index (χ3n) is 3.26. The fourth-order valence-electron chi connectivity index (χ4n) is 2.19. The molecule has 0 amide bonds. The fourth-order valence-corrected chi connectivity index (χ4v) is 2.19. The van der Waals surface area contributed by atoms with E-state index in [1.165, 1.54) is 0 Å². The Kier molecular flexibility index (Phi) is 3.24. The predicted octanol–water partition coefficient (Wildman–Crippen LogP) is 2.57. The van der Waals surface area contributed by atoms with Crippen LogP contribution < -0.4 is 0 Å². The Balaban J connectivity index is 2.04. The molecule has 0 N–H and O–H groups in total. The lowest BCUT2D eigenvalue weighted by Crippen LogP contribution is -1.93. The molecule has 0 aliphatic rings. The van der Waals surface area contributed by atoms with E-state index < -0.39 is 0 Å². The topological polar surface area (TPSA) is 80.5 Å². The van der Waals surface area contributed by atoms with Crippen molar-refractivity contribution in [2.75, 3.05) is 0 Å². The second-order valence-electron chi connectivity index (χ2n) is 4.62. The van der Waals surface area contributed by atoms with Crippen molar-refractivity contribution in [1.82, 2.24) is 19.7 Å². The first-order chi connectivity index (χ1) is 10.2. The first-order valence-corrected chi connectivity index (χ1v) is 6.57. The van der Waals surface area contributed by atoms with Crippen LogP contribution >= 0.6 is 0 Å². The molecule has 0 unspecified atom stereocenters. The van der Waals surface area contributed by atoms with E-state index >= 15 is 0 Å². The van der Waals surface area contributed by atoms with Crippen molar-refractivity contribution >= 4 is 0 Å². The fraction of sp³-hybridized carbons (Fsp3) is 0.200. The van der Waals surface area contributed by atoms with Crippen LogP contribution in [0.25, 0.3) is 23.1 Å². The zero-order valence-electron chi connectivity index (χ0n) is 11.7. The highest BCUT2D eigenvalue weighted by Gasteiger charge is 2.16. The van der Waals surface area contributed by atoms with E-state index in [2.05, 4.69) is 28.1 Å². The molecule has 6 nitrogen and oxygen atoms in total. The van der Waals surface area contributed by atoms with E-state index in [-0.39, 0.29) is 0 Å². The number of nitriles is 1. The molecule has 0 atom stereocenters. The van der Waals surface area contributed by atoms with Gasteiger partial charge in [0, 0.05) is 19.4 Å². The van der Waals surface area contributed by atoms with Crippen LogP contribution in [0, 0.1) is 11.3 Å². The van der Waals surface area contributed by atoms with Crippen molar-refractivity contribution in [3.63, 3.8) is 0 Å². The van der Waals surface area contributed by atoms with Crippen molar-refractivity contribution in [3.8, 4) is 29.2 Å². The molecule has 6 heteroatoms. The zero-order valence-corrected chi connectivity index (χ0v) is 11.7. The molecule has 104 valence electrons. The molecule has 0 aromatic carbocycles. The average Bonchev–Trinajstić information content (AvgIpc) is 3.13. The maximum Gasteiger partial charge on any atom is 0.274 e. The molecule has 3 rings (SSSR count). The van der Waals surface area contributed by atoms with Gasteiger partial charge in [-0.2, -0.15) is 10.2 Å². The summed E-state index contributed by atoms with van der Waals surface area (Å²) in [6, 6.07) is 7.69. The lowest BCUT2D eigenvalue weighted by Gasteiger charge is -2.00. The lowest BCUT2D eigenvalue weighted by atomic mass is 10.1. The van der Waals surface area contributed by atoms with Crippen molar-refractivity contribution in [2.45, 2.75) is 13.3 Å². The second-order valence-corrected chi connectivity index (χ2v) is 4.62. The van der Waals surface area contributed by atoms with Gasteiger partial charge in [0.15, 0.2) is 0 Å². The molecule has 0 aliphatic heterocycles. The summed E-state index contributed by atoms with van der Waals surface area (Å²) in [5.41, 5.74) is 3.05. The van der Waals surface area contributed by atoms with Gasteiger partial charge in [0.2, 0.25) is 5.82 Å². The summed E-state index contributed by atoms with van der Waals surface area (Å²) < 4.78 is 7.10. The maximum atomic E-state index is 8.93. The van der Waals surface area contributed by atoms with Gasteiger partial charge in [0.25, 0.3) is 5.89 Å². The minimum Gasteiger partial charge on any atom is -0.345 e. The van der Waals surface area contributed by atoms with Crippen LogP contribution in [0.1, 0.15) is 18.1 Å². The van der Waals surface area contributed by atoms with E-state index in [0.29, 0.717) is 23.0 Å². The monoisotopic (exact) mass is 279 g/mol. The molecule has 0 aliphatic carbocycles. The molecule has 0 bridgehead atoms. The van der Waals surface area contributed by atoms with E-state index in [1.54, 1.807) is 23.0 Å². The number of nitrogens with zero attached hydrogens (tertiary/aromatic N) is 5. The number of aryl methyl sites for hydroxylation is 2. The van der Waals surface area contributed by atoms with Gasteiger partial charge in [-0.25, -0.2) is 0 Å². The third-order valence-corrected chi connectivity index (χ3v) is 3.26. The van der Waals surface area contributed by atoms with Crippen LogP contribution in [0.15, 0.2) is 35.1 Å². The van der Waals surface area contributed by atoms with E-state index in [1.807, 2.05) is 19.2 Å². The Bertz CT molecular complexity index is 825. The molecule has 3 aromatic heterocycles. The van der Waals surface area contributed by atoms with Crippen LogP contribution in [0.5, 0.6) is 0 Å². The van der Waals surface area contributed by atoms with Crippen molar-refractivity contribution in [1.29, 1.82) is 5.26 Å². The molecule has 0 saturated carbocycles. The molecule has 3 aromatic rings. The SMILES string of the molecule is CCc1cccnc1-c1noc(-c2cc(C#N)cn2C)n1. The van der Waals surface area contributed by atoms with Gasteiger partial charge < -0.3 is 9.09 Å². The van der Waals surface area contributed by atoms with Crippen LogP contribution in [0.2, 0.25) is 0 Å². The molecule has 0 radical (unpaired) electrons. The number of pyridine rings is 1. The van der Waals surface area contributed by atoms with Crippen LogP contribution in [-0.4, -0.2) is 19.7 Å². The van der Waals surface area contributed by atoms with Gasteiger partial charge in [-0.15, -0.1) is 0 Å². The smallest absolute Gasteiger partial charge is 0.274 e. The second kappa shape index (κ2) is 5.21. The average molecular weight is 279 g/mol. The van der Waals surface area contributed by atoms with E-state index in [9.17, 15) is 0 Å². The Hall–Kier alpha value is -2.94. The predicted molar refractivity (Wildman–Crippen MR) is 76.0 cm³/mol. The van der Waals surface area contributed by atoms with Crippen LogP contribution in [-0.2, 0) is 13.5 Å². The highest BCUT2D eigenvalue weighted by molar-refractivity contribution is 5.59. The number of hydrogen-bond acceptors (Lipinski definition) is 5. The standard InChI is InChI=1S/C15H13N5O/c1-3-11-5-4-6-17-13(11)14-18-15(21-19-14)12-7-10(8-16)9-20(12)2/h4-7,9H,3H2,1-2H3. The summed E-state index contributed by atoms with van der Waals surface area (Å²) in [4.78, 5) is 8.72. The third kappa shape index (κ3) is 2.30. The van der Waals surface area contributed by atoms with Crippen LogP contribution in [0.4, 0.5) is 0 Å². The minimum atomic E-state index is 0.377. The van der Waals surface area contributed by atoms with Gasteiger partial charge >= 0.3 is 0 Å². The van der Waals surface area contributed by atoms with Gasteiger partial charge in [-0.05, 0) is 24.1 Å². The maximum absolute atomic E-state index is 8.93. The first-order valence-electron chi connectivity index (χ1n) is 6.57. The highest BCUT2D eigenvalue weighted by atomic mass is 16.5. The summed E-state index contributed by atoms with van der Waals surface area (Å²) in [6.07, 6.45) is 4.27. The summed E-state index contributed by atoms with van der Waals surface area (Å²) in [5.74, 6) is 0.837. The Morgan fingerprint density at radius 3 is 3.00 bits per heavy atom. The normalized spacial score (nSPS) is 10.5. The minimum absolute atomic E-state index is 0.377. The molecule has 0 saturated heterocycles. The van der Waals surface area contributed by atoms with Crippen molar-refractivity contribution < 1.29 is 4.52 Å². The largest absolute Gasteiger partial charge is 0.345 e. The number of rotatable bonds is 3. The molecule has 3 heterocycles. The number of aromatic nitrogens is 4. The molecular weight excluding hydrogens is 266 g/mol. The summed E-state index contributed by atoms with van der Waals surface area (Å²) in [5, 5.41) is 12.9. The van der Waals surface area contributed by atoms with Gasteiger partial charge in [0.05, 0.1) is 5.56 Å². The van der Waals surface area contributed by atoms with Gasteiger partial charge in [0.1, 0.15) is 17.5 Å². The summed E-state index contributed by atoms with van der Waals surface area (Å²) in [7, 11) is 1.83. The van der Waals surface area contributed by atoms with Crippen molar-refractivity contribution in [3.05, 3.63) is 41.7 Å². The Morgan fingerprint density at radius 1 is 1.43 bits per heavy atom. The Labute approximate surface area is 121 Å². The lowest BCUT2D eigenvalue weighted by molar-refractivity contribution is 0.429.